The molecule has 174 valence electrons. The Morgan fingerprint density at radius 1 is 0.941 bits per heavy atom. The Balaban J connectivity index is 1.96. The Kier molecular flexibility index (Phi) is 5.82. The van der Waals surface area contributed by atoms with Crippen molar-refractivity contribution in [1.29, 1.82) is 0 Å². The Morgan fingerprint density at radius 2 is 1.68 bits per heavy atom. The quantitative estimate of drug-likeness (QED) is 0.313. The number of benzene rings is 2. The van der Waals surface area contributed by atoms with Gasteiger partial charge < -0.3 is 15.5 Å². The van der Waals surface area contributed by atoms with Crippen molar-refractivity contribution in [2.24, 2.45) is 0 Å². The van der Waals surface area contributed by atoms with E-state index in [1.54, 1.807) is 37.5 Å². The number of aromatic nitrogens is 2. The van der Waals surface area contributed by atoms with Crippen molar-refractivity contribution in [3.8, 4) is 11.1 Å². The largest absolute Gasteiger partial charge is 0.419 e. The Morgan fingerprint density at radius 3 is 2.32 bits per heavy atom. The van der Waals surface area contributed by atoms with Crippen LogP contribution in [-0.4, -0.2) is 30.5 Å². The summed E-state index contributed by atoms with van der Waals surface area (Å²) in [6.07, 6.45) is -1.23. The van der Waals surface area contributed by atoms with Crippen LogP contribution in [-0.2, 0) is 11.0 Å². The SMILES string of the molecule is CN(C=O)c1cnc2ccc(-c3ccc(N)nc3)cc2c1N(C)c1ccc(F)c(C(F)(F)F)c1. The van der Waals surface area contributed by atoms with Gasteiger partial charge in [-0.3, -0.25) is 9.78 Å². The molecule has 0 saturated carbocycles. The second-order valence-electron chi connectivity index (χ2n) is 7.63. The maximum Gasteiger partial charge on any atom is 0.419 e. The van der Waals surface area contributed by atoms with Gasteiger partial charge in [0.15, 0.2) is 0 Å². The van der Waals surface area contributed by atoms with E-state index in [1.807, 2.05) is 6.07 Å². The number of hydrogen-bond donors (Lipinski definition) is 1. The van der Waals surface area contributed by atoms with Crippen molar-refractivity contribution >= 4 is 40.2 Å². The van der Waals surface area contributed by atoms with Crippen LogP contribution < -0.4 is 15.5 Å². The summed E-state index contributed by atoms with van der Waals surface area (Å²) in [6, 6.07) is 11.6. The number of fused-ring (bicyclic) bond motifs is 1. The van der Waals surface area contributed by atoms with Gasteiger partial charge in [0.2, 0.25) is 6.41 Å². The average Bonchev–Trinajstić information content (AvgIpc) is 2.82. The van der Waals surface area contributed by atoms with E-state index in [-0.39, 0.29) is 5.69 Å². The lowest BCUT2D eigenvalue weighted by atomic mass is 10.0. The molecule has 0 fully saturated rings. The number of amides is 1. The molecule has 1 amide bonds. The third kappa shape index (κ3) is 4.21. The first-order valence-electron chi connectivity index (χ1n) is 10.0. The number of carbonyl (C=O) groups excluding carboxylic acids is 1. The van der Waals surface area contributed by atoms with Gasteiger partial charge in [0.1, 0.15) is 11.6 Å². The number of hydrogen-bond acceptors (Lipinski definition) is 5. The summed E-state index contributed by atoms with van der Waals surface area (Å²) in [7, 11) is 3.05. The minimum absolute atomic E-state index is 0.0846. The third-order valence-electron chi connectivity index (χ3n) is 5.46. The molecule has 0 unspecified atom stereocenters. The van der Waals surface area contributed by atoms with Crippen molar-refractivity contribution in [2.75, 3.05) is 29.6 Å². The van der Waals surface area contributed by atoms with Crippen molar-refractivity contribution in [3.05, 3.63) is 72.3 Å². The molecule has 0 saturated heterocycles. The number of nitrogens with two attached hydrogens (primary N) is 1. The Labute approximate surface area is 192 Å². The molecule has 0 atom stereocenters. The number of anilines is 4. The van der Waals surface area contributed by atoms with Crippen LogP contribution in [0.3, 0.4) is 0 Å². The van der Waals surface area contributed by atoms with E-state index in [2.05, 4.69) is 9.97 Å². The molecular weight excluding hydrogens is 450 g/mol. The van der Waals surface area contributed by atoms with E-state index in [4.69, 9.17) is 5.73 Å². The zero-order chi connectivity index (χ0) is 24.6. The molecule has 4 aromatic rings. The van der Waals surface area contributed by atoms with E-state index >= 15 is 0 Å². The molecule has 2 N–H and O–H groups in total. The Hall–Kier alpha value is -4.21. The van der Waals surface area contributed by atoms with E-state index in [9.17, 15) is 22.4 Å². The highest BCUT2D eigenvalue weighted by Gasteiger charge is 2.34. The van der Waals surface area contributed by atoms with Crippen LogP contribution in [0.15, 0.2) is 60.9 Å². The molecule has 2 aromatic carbocycles. The number of nitrogens with zero attached hydrogens (tertiary/aromatic N) is 4. The molecular formula is C24H19F4N5O. The van der Waals surface area contributed by atoms with Crippen molar-refractivity contribution in [3.63, 3.8) is 0 Å². The normalized spacial score (nSPS) is 11.5. The first-order valence-corrected chi connectivity index (χ1v) is 10.0. The standard InChI is InChI=1S/C24H19F4N5O/c1-32(13-34)21-12-30-20-7-3-14(15-4-8-22(29)31-11-15)9-17(20)23(21)33(2)16-5-6-19(25)18(10-16)24(26,27)28/h3-13H,1-2H3,(H2,29,31). The van der Waals surface area contributed by atoms with Crippen molar-refractivity contribution < 1.29 is 22.4 Å². The van der Waals surface area contributed by atoms with Crippen LogP contribution in [0.4, 0.5) is 40.4 Å². The summed E-state index contributed by atoms with van der Waals surface area (Å²) in [5.41, 5.74) is 7.23. The highest BCUT2D eigenvalue weighted by Crippen LogP contribution is 2.41. The minimum Gasteiger partial charge on any atom is -0.384 e. The topological polar surface area (TPSA) is 75.3 Å². The molecule has 34 heavy (non-hydrogen) atoms. The van der Waals surface area contributed by atoms with E-state index < -0.39 is 17.6 Å². The van der Waals surface area contributed by atoms with Crippen LogP contribution in [0.5, 0.6) is 0 Å². The van der Waals surface area contributed by atoms with Gasteiger partial charge in [-0.2, -0.15) is 13.2 Å². The number of alkyl halides is 3. The van der Waals surface area contributed by atoms with Gasteiger partial charge in [-0.1, -0.05) is 6.07 Å². The number of nitrogen functional groups attached to an aromatic ring is 1. The second kappa shape index (κ2) is 8.62. The lowest BCUT2D eigenvalue weighted by Gasteiger charge is -2.27. The van der Waals surface area contributed by atoms with Gasteiger partial charge in [-0.25, -0.2) is 9.37 Å². The average molecular weight is 469 g/mol. The molecule has 6 nitrogen and oxygen atoms in total. The van der Waals surface area contributed by atoms with Crippen LogP contribution in [0.1, 0.15) is 5.56 Å². The molecule has 0 radical (unpaired) electrons. The van der Waals surface area contributed by atoms with Crippen LogP contribution in [0, 0.1) is 5.82 Å². The van der Waals surface area contributed by atoms with Gasteiger partial charge in [0.05, 0.1) is 28.7 Å². The summed E-state index contributed by atoms with van der Waals surface area (Å²) in [6.45, 7) is 0. The van der Waals surface area contributed by atoms with E-state index in [0.29, 0.717) is 34.5 Å². The molecule has 0 spiro atoms. The molecule has 2 heterocycles. The number of pyridine rings is 2. The van der Waals surface area contributed by atoms with Gasteiger partial charge in [-0.05, 0) is 48.0 Å². The van der Waals surface area contributed by atoms with E-state index in [1.165, 1.54) is 29.1 Å². The fourth-order valence-electron chi connectivity index (χ4n) is 3.66. The maximum atomic E-state index is 13.9. The lowest BCUT2D eigenvalue weighted by Crippen LogP contribution is -2.20. The van der Waals surface area contributed by atoms with Crippen LogP contribution in [0.25, 0.3) is 22.0 Å². The van der Waals surface area contributed by atoms with Gasteiger partial charge in [-0.15, -0.1) is 0 Å². The first-order chi connectivity index (χ1) is 16.1. The van der Waals surface area contributed by atoms with Gasteiger partial charge >= 0.3 is 6.18 Å². The molecule has 0 aliphatic heterocycles. The summed E-state index contributed by atoms with van der Waals surface area (Å²) in [5, 5.41) is 0.570. The molecule has 0 bridgehead atoms. The van der Waals surface area contributed by atoms with Gasteiger partial charge in [0, 0.05) is 36.9 Å². The van der Waals surface area contributed by atoms with Crippen molar-refractivity contribution in [2.45, 2.75) is 6.18 Å². The van der Waals surface area contributed by atoms with Crippen LogP contribution in [0.2, 0.25) is 0 Å². The predicted molar refractivity (Wildman–Crippen MR) is 123 cm³/mol. The zero-order valence-corrected chi connectivity index (χ0v) is 18.1. The highest BCUT2D eigenvalue weighted by molar-refractivity contribution is 6.04. The van der Waals surface area contributed by atoms with Gasteiger partial charge in [0.25, 0.3) is 0 Å². The summed E-state index contributed by atoms with van der Waals surface area (Å²) >= 11 is 0. The lowest BCUT2D eigenvalue weighted by molar-refractivity contribution is -0.139. The van der Waals surface area contributed by atoms with Crippen molar-refractivity contribution in [1.82, 2.24) is 9.97 Å². The molecule has 4 rings (SSSR count). The predicted octanol–water partition coefficient (Wildman–Crippen LogP) is 5.40. The van der Waals surface area contributed by atoms with Crippen LogP contribution >= 0.6 is 0 Å². The second-order valence-corrected chi connectivity index (χ2v) is 7.63. The van der Waals surface area contributed by atoms with E-state index in [0.717, 1.165) is 23.3 Å². The number of carbonyl (C=O) groups is 1. The fourth-order valence-corrected chi connectivity index (χ4v) is 3.66. The smallest absolute Gasteiger partial charge is 0.384 e. The minimum atomic E-state index is -4.86. The molecule has 0 aliphatic rings. The maximum absolute atomic E-state index is 13.9. The summed E-state index contributed by atoms with van der Waals surface area (Å²) in [5.74, 6) is -1.01. The molecule has 10 heteroatoms. The first kappa shape index (κ1) is 23.0. The third-order valence-corrected chi connectivity index (χ3v) is 5.46. The number of rotatable bonds is 5. The Bertz CT molecular complexity index is 1370. The summed E-state index contributed by atoms with van der Waals surface area (Å²) < 4.78 is 53.9. The monoisotopic (exact) mass is 469 g/mol. The zero-order valence-electron chi connectivity index (χ0n) is 18.1. The highest BCUT2D eigenvalue weighted by atomic mass is 19.4. The molecule has 0 aliphatic carbocycles. The number of halogens is 4. The summed E-state index contributed by atoms with van der Waals surface area (Å²) in [4.78, 5) is 22.8. The fraction of sp³-hybridized carbons (Fsp3) is 0.125. The molecule has 2 aromatic heterocycles.